The fourth-order valence-electron chi connectivity index (χ4n) is 3.19. The Balaban J connectivity index is 1.68. The monoisotopic (exact) mass is 374 g/mol. The molecule has 0 saturated carbocycles. The molecule has 28 heavy (non-hydrogen) atoms. The van der Waals surface area contributed by atoms with Crippen molar-refractivity contribution >= 4 is 16.9 Å². The summed E-state index contributed by atoms with van der Waals surface area (Å²) in [6, 6.07) is 19.6. The third-order valence-electron chi connectivity index (χ3n) is 4.63. The number of nitrogens with zero attached hydrogens (tertiary/aromatic N) is 4. The minimum atomic E-state index is -0.260. The van der Waals surface area contributed by atoms with Gasteiger partial charge in [-0.15, -0.1) is 0 Å². The number of halogens is 1. The highest BCUT2D eigenvalue weighted by Gasteiger charge is 2.18. The Kier molecular flexibility index (Phi) is 4.85. The van der Waals surface area contributed by atoms with Crippen LogP contribution in [-0.2, 0) is 13.1 Å². The minimum Gasteiger partial charge on any atom is -0.333 e. The second kappa shape index (κ2) is 7.60. The molecule has 2 heterocycles. The van der Waals surface area contributed by atoms with E-state index < -0.39 is 0 Å². The number of amides is 1. The van der Waals surface area contributed by atoms with Crippen LogP contribution >= 0.6 is 0 Å². The van der Waals surface area contributed by atoms with Gasteiger partial charge in [0.15, 0.2) is 0 Å². The zero-order chi connectivity index (χ0) is 19.5. The molecule has 0 spiro atoms. The van der Waals surface area contributed by atoms with E-state index in [0.717, 1.165) is 11.0 Å². The van der Waals surface area contributed by atoms with Gasteiger partial charge in [-0.05, 0) is 30.3 Å². The number of fused-ring (bicyclic) bond motifs is 1. The molecule has 140 valence electrons. The molecule has 4 aromatic rings. The van der Waals surface area contributed by atoms with Crippen molar-refractivity contribution < 1.29 is 9.18 Å². The number of carbonyl (C=O) groups is 1. The number of para-hydroxylation sites is 2. The summed E-state index contributed by atoms with van der Waals surface area (Å²) in [5.41, 5.74) is 2.67. The van der Waals surface area contributed by atoms with Gasteiger partial charge >= 0.3 is 0 Å². The maximum atomic E-state index is 14.2. The molecule has 0 N–H and O–H groups in total. The Hall–Kier alpha value is -3.54. The zero-order valence-corrected chi connectivity index (χ0v) is 15.4. The molecule has 6 heteroatoms. The number of rotatable bonds is 5. The summed E-state index contributed by atoms with van der Waals surface area (Å²) in [5.74, 6) is 0.241. The first-order valence-electron chi connectivity index (χ1n) is 8.97. The lowest BCUT2D eigenvalue weighted by molar-refractivity contribution is 0.0774. The molecule has 5 nitrogen and oxygen atoms in total. The molecule has 0 saturated heterocycles. The van der Waals surface area contributed by atoms with Gasteiger partial charge in [0.25, 0.3) is 5.91 Å². The van der Waals surface area contributed by atoms with Crippen molar-refractivity contribution in [3.05, 3.63) is 95.8 Å². The quantitative estimate of drug-likeness (QED) is 0.533. The van der Waals surface area contributed by atoms with Crippen LogP contribution in [0.1, 0.15) is 21.9 Å². The second-order valence-corrected chi connectivity index (χ2v) is 6.57. The van der Waals surface area contributed by atoms with Crippen LogP contribution in [0.25, 0.3) is 11.0 Å². The van der Waals surface area contributed by atoms with Crippen LogP contribution in [0.5, 0.6) is 0 Å². The normalized spacial score (nSPS) is 10.9. The van der Waals surface area contributed by atoms with Crippen LogP contribution < -0.4 is 0 Å². The van der Waals surface area contributed by atoms with E-state index in [0.29, 0.717) is 30.2 Å². The van der Waals surface area contributed by atoms with E-state index in [2.05, 4.69) is 9.97 Å². The predicted molar refractivity (Wildman–Crippen MR) is 105 cm³/mol. The molecule has 0 fully saturated rings. The lowest BCUT2D eigenvalue weighted by Crippen LogP contribution is -2.28. The number of carbonyl (C=O) groups excluding carboxylic acids is 1. The Morgan fingerprint density at radius 2 is 1.79 bits per heavy atom. The van der Waals surface area contributed by atoms with Crippen LogP contribution in [0, 0.1) is 5.82 Å². The molecule has 0 radical (unpaired) electrons. The standard InChI is InChI=1S/C22H19FN4O/c1-26(22(28)19-11-6-7-13-24-19)15-21-25-18-10-4-5-12-20(18)27(21)14-16-8-2-3-9-17(16)23/h2-13H,14-15H2,1H3. The highest BCUT2D eigenvalue weighted by Crippen LogP contribution is 2.20. The van der Waals surface area contributed by atoms with E-state index in [1.54, 1.807) is 48.5 Å². The fraction of sp³-hybridized carbons (Fsp3) is 0.136. The maximum Gasteiger partial charge on any atom is 0.272 e. The van der Waals surface area contributed by atoms with Gasteiger partial charge in [0.2, 0.25) is 0 Å². The third kappa shape index (κ3) is 3.49. The largest absolute Gasteiger partial charge is 0.333 e. The molecule has 0 aliphatic carbocycles. The molecule has 2 aromatic heterocycles. The first kappa shape index (κ1) is 17.9. The van der Waals surface area contributed by atoms with Crippen LogP contribution in [0.4, 0.5) is 4.39 Å². The summed E-state index contributed by atoms with van der Waals surface area (Å²) in [4.78, 5) is 23.0. The molecule has 1 amide bonds. The number of imidazole rings is 1. The topological polar surface area (TPSA) is 51.0 Å². The van der Waals surface area contributed by atoms with Gasteiger partial charge in [0.1, 0.15) is 17.3 Å². The number of aromatic nitrogens is 3. The molecule has 0 aliphatic heterocycles. The average molecular weight is 374 g/mol. The van der Waals surface area contributed by atoms with E-state index in [9.17, 15) is 9.18 Å². The van der Waals surface area contributed by atoms with Crippen LogP contribution in [-0.4, -0.2) is 32.4 Å². The van der Waals surface area contributed by atoms with Gasteiger partial charge in [0.05, 0.1) is 24.1 Å². The maximum absolute atomic E-state index is 14.2. The van der Waals surface area contributed by atoms with E-state index in [-0.39, 0.29) is 11.7 Å². The van der Waals surface area contributed by atoms with Gasteiger partial charge in [-0.1, -0.05) is 36.4 Å². The molecule has 4 rings (SSSR count). The fourth-order valence-corrected chi connectivity index (χ4v) is 3.19. The zero-order valence-electron chi connectivity index (χ0n) is 15.4. The molecule has 0 unspecified atom stereocenters. The van der Waals surface area contributed by atoms with Crippen molar-refractivity contribution in [3.8, 4) is 0 Å². The number of pyridine rings is 1. The van der Waals surface area contributed by atoms with Crippen LogP contribution in [0.2, 0.25) is 0 Å². The summed E-state index contributed by atoms with van der Waals surface area (Å²) in [6.07, 6.45) is 1.59. The van der Waals surface area contributed by atoms with E-state index in [4.69, 9.17) is 0 Å². The van der Waals surface area contributed by atoms with Crippen LogP contribution in [0.15, 0.2) is 72.9 Å². The smallest absolute Gasteiger partial charge is 0.272 e. The highest BCUT2D eigenvalue weighted by atomic mass is 19.1. The minimum absolute atomic E-state index is 0.190. The molecular formula is C22H19FN4O. The Morgan fingerprint density at radius 3 is 2.57 bits per heavy atom. The summed E-state index contributed by atoms with van der Waals surface area (Å²) >= 11 is 0. The van der Waals surface area contributed by atoms with Crippen molar-refractivity contribution in [3.63, 3.8) is 0 Å². The molecule has 0 atom stereocenters. The number of hydrogen-bond donors (Lipinski definition) is 0. The Morgan fingerprint density at radius 1 is 1.04 bits per heavy atom. The van der Waals surface area contributed by atoms with Crippen molar-refractivity contribution in [1.29, 1.82) is 0 Å². The molecule has 0 aliphatic rings. The van der Waals surface area contributed by atoms with Gasteiger partial charge in [-0.25, -0.2) is 9.37 Å². The summed E-state index contributed by atoms with van der Waals surface area (Å²) in [5, 5.41) is 0. The van der Waals surface area contributed by atoms with E-state index in [1.165, 1.54) is 6.07 Å². The van der Waals surface area contributed by atoms with Crippen molar-refractivity contribution in [2.24, 2.45) is 0 Å². The van der Waals surface area contributed by atoms with Crippen LogP contribution in [0.3, 0.4) is 0 Å². The molecule has 2 aromatic carbocycles. The van der Waals surface area contributed by atoms with E-state index in [1.807, 2.05) is 34.9 Å². The lowest BCUT2D eigenvalue weighted by Gasteiger charge is -2.18. The SMILES string of the molecule is CN(Cc1nc2ccccc2n1Cc1ccccc1F)C(=O)c1ccccn1. The lowest BCUT2D eigenvalue weighted by atomic mass is 10.2. The second-order valence-electron chi connectivity index (χ2n) is 6.57. The average Bonchev–Trinajstić information content (AvgIpc) is 3.07. The summed E-state index contributed by atoms with van der Waals surface area (Å²) in [6.45, 7) is 0.632. The van der Waals surface area contributed by atoms with Gasteiger partial charge in [-0.3, -0.25) is 9.78 Å². The van der Waals surface area contributed by atoms with Gasteiger partial charge in [-0.2, -0.15) is 0 Å². The Labute approximate surface area is 162 Å². The van der Waals surface area contributed by atoms with E-state index >= 15 is 0 Å². The molecular weight excluding hydrogens is 355 g/mol. The summed E-state index contributed by atoms with van der Waals surface area (Å²) in [7, 11) is 1.71. The number of benzene rings is 2. The highest BCUT2D eigenvalue weighted by molar-refractivity contribution is 5.92. The first-order chi connectivity index (χ1) is 13.6. The van der Waals surface area contributed by atoms with Crippen molar-refractivity contribution in [2.45, 2.75) is 13.1 Å². The Bertz CT molecular complexity index is 1120. The first-order valence-corrected chi connectivity index (χ1v) is 8.97. The van der Waals surface area contributed by atoms with Crippen molar-refractivity contribution in [1.82, 2.24) is 19.4 Å². The third-order valence-corrected chi connectivity index (χ3v) is 4.63. The van der Waals surface area contributed by atoms with Gasteiger partial charge in [0, 0.05) is 18.8 Å². The van der Waals surface area contributed by atoms with Gasteiger partial charge < -0.3 is 9.47 Å². The molecule has 0 bridgehead atoms. The predicted octanol–water partition coefficient (Wildman–Crippen LogP) is 3.89. The number of hydrogen-bond acceptors (Lipinski definition) is 3. The van der Waals surface area contributed by atoms with Crippen molar-refractivity contribution in [2.75, 3.05) is 7.05 Å². The summed E-state index contributed by atoms with van der Waals surface area (Å²) < 4.78 is 16.2.